The number of aliphatic hydroxyl groups is 1. The largest absolute Gasteiger partial charge is 0.393 e. The molecule has 0 aromatic carbocycles. The number of aliphatic hydroxyl groups excluding tert-OH is 1. The first kappa shape index (κ1) is 22.5. The second-order valence-corrected chi connectivity index (χ2v) is 14.7. The standard InChI is InChI=1S/C30H50O/c1-19(2)20-11-14-27(5)17-18-29(7)21(25(20)27)9-10-23-28(6)15-13-24(31)26(3,4)22(28)12-16-30(23,29)8/h20-25,31H,1,9-18H2,2-8H3/t20-,21+,22-,23+,24+,25+,27-,28-,29+,30+/m0/s1. The van der Waals surface area contributed by atoms with Gasteiger partial charge >= 0.3 is 0 Å². The van der Waals surface area contributed by atoms with Crippen LogP contribution in [-0.2, 0) is 0 Å². The lowest BCUT2D eigenvalue weighted by molar-refractivity contribution is -0.246. The van der Waals surface area contributed by atoms with E-state index in [1.165, 1.54) is 63.4 Å². The molecule has 5 aliphatic carbocycles. The second-order valence-electron chi connectivity index (χ2n) is 14.7. The highest BCUT2D eigenvalue weighted by molar-refractivity contribution is 5.21. The molecule has 5 aliphatic rings. The van der Waals surface area contributed by atoms with Crippen molar-refractivity contribution in [3.05, 3.63) is 12.2 Å². The van der Waals surface area contributed by atoms with Gasteiger partial charge in [0.25, 0.3) is 0 Å². The molecule has 0 spiro atoms. The molecule has 0 aromatic rings. The molecule has 0 aliphatic heterocycles. The molecule has 1 N–H and O–H groups in total. The van der Waals surface area contributed by atoms with E-state index in [2.05, 4.69) is 55.0 Å². The maximum atomic E-state index is 10.9. The average Bonchev–Trinajstić information content (AvgIpc) is 3.04. The summed E-state index contributed by atoms with van der Waals surface area (Å²) in [5, 5.41) is 10.9. The normalized spacial score (nSPS) is 57.9. The molecule has 176 valence electrons. The zero-order valence-corrected chi connectivity index (χ0v) is 21.7. The molecule has 0 bridgehead atoms. The third-order valence-corrected chi connectivity index (χ3v) is 13.5. The Hall–Kier alpha value is -0.300. The lowest BCUT2D eigenvalue weighted by Gasteiger charge is -2.73. The number of hydrogen-bond donors (Lipinski definition) is 1. The van der Waals surface area contributed by atoms with Crippen LogP contribution < -0.4 is 0 Å². The van der Waals surface area contributed by atoms with Gasteiger partial charge in [-0.15, -0.1) is 0 Å². The fourth-order valence-corrected chi connectivity index (χ4v) is 11.5. The van der Waals surface area contributed by atoms with E-state index in [-0.39, 0.29) is 11.5 Å². The Morgan fingerprint density at radius 3 is 2.13 bits per heavy atom. The van der Waals surface area contributed by atoms with Gasteiger partial charge in [-0.25, -0.2) is 0 Å². The van der Waals surface area contributed by atoms with Crippen LogP contribution in [0.3, 0.4) is 0 Å². The number of hydrogen-bond acceptors (Lipinski definition) is 1. The number of allylic oxidation sites excluding steroid dienone is 1. The zero-order chi connectivity index (χ0) is 22.6. The van der Waals surface area contributed by atoms with Gasteiger partial charge in [0.15, 0.2) is 0 Å². The monoisotopic (exact) mass is 426 g/mol. The van der Waals surface area contributed by atoms with E-state index < -0.39 is 0 Å². The Morgan fingerprint density at radius 1 is 0.742 bits per heavy atom. The molecular formula is C30H50O. The van der Waals surface area contributed by atoms with Crippen LogP contribution >= 0.6 is 0 Å². The summed E-state index contributed by atoms with van der Waals surface area (Å²) in [5.74, 6) is 3.98. The summed E-state index contributed by atoms with van der Waals surface area (Å²) in [6.45, 7) is 22.3. The van der Waals surface area contributed by atoms with E-state index >= 15 is 0 Å². The Morgan fingerprint density at radius 2 is 1.45 bits per heavy atom. The first-order valence-electron chi connectivity index (χ1n) is 13.6. The third-order valence-electron chi connectivity index (χ3n) is 13.5. The predicted molar refractivity (Wildman–Crippen MR) is 131 cm³/mol. The zero-order valence-electron chi connectivity index (χ0n) is 21.7. The van der Waals surface area contributed by atoms with Crippen LogP contribution in [0.5, 0.6) is 0 Å². The van der Waals surface area contributed by atoms with Crippen LogP contribution in [0.25, 0.3) is 0 Å². The summed E-state index contributed by atoms with van der Waals surface area (Å²) >= 11 is 0. The van der Waals surface area contributed by atoms with Gasteiger partial charge in [-0.1, -0.05) is 53.7 Å². The summed E-state index contributed by atoms with van der Waals surface area (Å²) in [5.41, 5.74) is 3.38. The number of rotatable bonds is 1. The van der Waals surface area contributed by atoms with Crippen molar-refractivity contribution < 1.29 is 5.11 Å². The van der Waals surface area contributed by atoms with Crippen molar-refractivity contribution in [1.29, 1.82) is 0 Å². The fraction of sp³-hybridized carbons (Fsp3) is 0.933. The van der Waals surface area contributed by atoms with Crippen molar-refractivity contribution in [2.75, 3.05) is 0 Å². The summed E-state index contributed by atoms with van der Waals surface area (Å²) in [4.78, 5) is 0. The van der Waals surface area contributed by atoms with Gasteiger partial charge in [0.05, 0.1) is 6.10 Å². The molecule has 0 radical (unpaired) electrons. The van der Waals surface area contributed by atoms with Crippen LogP contribution in [0.1, 0.15) is 113 Å². The molecule has 0 heterocycles. The van der Waals surface area contributed by atoms with Crippen molar-refractivity contribution in [2.24, 2.45) is 56.7 Å². The Kier molecular flexibility index (Phi) is 4.82. The first-order valence-corrected chi connectivity index (χ1v) is 13.6. The van der Waals surface area contributed by atoms with Crippen molar-refractivity contribution in [3.8, 4) is 0 Å². The lowest BCUT2D eigenvalue weighted by atomic mass is 9.32. The minimum absolute atomic E-state index is 0.0632. The van der Waals surface area contributed by atoms with Crippen molar-refractivity contribution in [2.45, 2.75) is 119 Å². The van der Waals surface area contributed by atoms with E-state index in [1.54, 1.807) is 0 Å². The molecule has 1 nitrogen and oxygen atoms in total. The van der Waals surface area contributed by atoms with E-state index in [0.29, 0.717) is 27.6 Å². The van der Waals surface area contributed by atoms with Crippen LogP contribution in [0.2, 0.25) is 0 Å². The molecule has 0 amide bonds. The van der Waals surface area contributed by atoms with Gasteiger partial charge in [0.2, 0.25) is 0 Å². The van der Waals surface area contributed by atoms with E-state index in [0.717, 1.165) is 30.1 Å². The maximum absolute atomic E-state index is 10.9. The van der Waals surface area contributed by atoms with Gasteiger partial charge in [0, 0.05) is 0 Å². The Balaban J connectivity index is 1.54. The van der Waals surface area contributed by atoms with Crippen molar-refractivity contribution in [1.82, 2.24) is 0 Å². The highest BCUT2D eigenvalue weighted by Gasteiger charge is 2.70. The van der Waals surface area contributed by atoms with Gasteiger partial charge in [-0.2, -0.15) is 0 Å². The fourth-order valence-electron chi connectivity index (χ4n) is 11.5. The smallest absolute Gasteiger partial charge is 0.0594 e. The molecule has 0 saturated heterocycles. The first-order chi connectivity index (χ1) is 14.3. The summed E-state index contributed by atoms with van der Waals surface area (Å²) in [6, 6.07) is 0. The van der Waals surface area contributed by atoms with E-state index in [1.807, 2.05) is 0 Å². The Bertz CT molecular complexity index is 766. The van der Waals surface area contributed by atoms with Gasteiger partial charge in [0.1, 0.15) is 0 Å². The molecule has 10 atom stereocenters. The SMILES string of the molecule is C=C(C)[C@@H]1CC[C@@]2(C)CC[C@]3(C)[C@H](CC[C@@H]4[C@@]5(C)CC[C@@H](O)C(C)(C)[C@@H]5CC[C@]43C)[C@@H]12. The minimum Gasteiger partial charge on any atom is -0.393 e. The minimum atomic E-state index is -0.118. The molecule has 0 unspecified atom stereocenters. The third kappa shape index (κ3) is 2.65. The van der Waals surface area contributed by atoms with Crippen LogP contribution in [0.4, 0.5) is 0 Å². The van der Waals surface area contributed by atoms with Gasteiger partial charge < -0.3 is 5.11 Å². The van der Waals surface area contributed by atoms with Gasteiger partial charge in [-0.3, -0.25) is 0 Å². The second kappa shape index (κ2) is 6.64. The van der Waals surface area contributed by atoms with Crippen LogP contribution in [0.15, 0.2) is 12.2 Å². The quantitative estimate of drug-likeness (QED) is 0.421. The van der Waals surface area contributed by atoms with Gasteiger partial charge in [-0.05, 0) is 128 Å². The molecule has 5 saturated carbocycles. The topological polar surface area (TPSA) is 20.2 Å². The predicted octanol–water partition coefficient (Wildman–Crippen LogP) is 8.02. The average molecular weight is 427 g/mol. The summed E-state index contributed by atoms with van der Waals surface area (Å²) in [7, 11) is 0. The summed E-state index contributed by atoms with van der Waals surface area (Å²) in [6.07, 6.45) is 13.4. The highest BCUT2D eigenvalue weighted by atomic mass is 16.3. The molecule has 0 aromatic heterocycles. The molecule has 5 rings (SSSR count). The molecule has 1 heteroatoms. The number of fused-ring (bicyclic) bond motifs is 7. The Labute approximate surface area is 192 Å². The highest BCUT2D eigenvalue weighted by Crippen LogP contribution is 2.77. The van der Waals surface area contributed by atoms with E-state index in [9.17, 15) is 5.11 Å². The van der Waals surface area contributed by atoms with Crippen molar-refractivity contribution in [3.63, 3.8) is 0 Å². The maximum Gasteiger partial charge on any atom is 0.0594 e. The lowest BCUT2D eigenvalue weighted by Crippen LogP contribution is -2.66. The molecule has 5 fully saturated rings. The molecule has 31 heavy (non-hydrogen) atoms. The van der Waals surface area contributed by atoms with Crippen LogP contribution in [-0.4, -0.2) is 11.2 Å². The van der Waals surface area contributed by atoms with E-state index in [4.69, 9.17) is 0 Å². The van der Waals surface area contributed by atoms with Crippen LogP contribution in [0, 0.1) is 56.7 Å². The van der Waals surface area contributed by atoms with Crippen molar-refractivity contribution >= 4 is 0 Å². The molecular weight excluding hydrogens is 376 g/mol. The summed E-state index contributed by atoms with van der Waals surface area (Å²) < 4.78 is 0.